The molecule has 1 radical (unpaired) electrons. The van der Waals surface area contributed by atoms with Gasteiger partial charge in [0.15, 0.2) is 0 Å². The molecule has 0 aromatic rings. The molecule has 0 amide bonds. The summed E-state index contributed by atoms with van der Waals surface area (Å²) in [7, 11) is 0. The van der Waals surface area contributed by atoms with Crippen molar-refractivity contribution in [3.8, 4) is 0 Å². The molecule has 11 heavy (non-hydrogen) atoms. The van der Waals surface area contributed by atoms with Gasteiger partial charge in [-0.1, -0.05) is 13.8 Å². The van der Waals surface area contributed by atoms with Gasteiger partial charge < -0.3 is 4.74 Å². The smallest absolute Gasteiger partial charge is 0.0945 e. The maximum atomic E-state index is 5.65. The fourth-order valence-electron chi connectivity index (χ4n) is 2.29. The molecule has 61 valence electrons. The van der Waals surface area contributed by atoms with Gasteiger partial charge in [-0.3, -0.25) is 0 Å². The van der Waals surface area contributed by atoms with Gasteiger partial charge in [0.25, 0.3) is 0 Å². The fourth-order valence-corrected chi connectivity index (χ4v) is 2.29. The van der Waals surface area contributed by atoms with Crippen LogP contribution in [0.25, 0.3) is 0 Å². The van der Waals surface area contributed by atoms with Gasteiger partial charge in [-0.2, -0.15) is 0 Å². The summed E-state index contributed by atoms with van der Waals surface area (Å²) in [6.07, 6.45) is 3.25. The molecule has 1 unspecified atom stereocenters. The third kappa shape index (κ3) is 1.57. The zero-order valence-corrected chi connectivity index (χ0v) is 10.5. The zero-order valence-electron chi connectivity index (χ0n) is 7.63. The quantitative estimate of drug-likeness (QED) is 0.580. The van der Waals surface area contributed by atoms with Crippen LogP contribution in [0.15, 0.2) is 0 Å². The second kappa shape index (κ2) is 3.08. The first-order valence-electron chi connectivity index (χ1n) is 4.30. The van der Waals surface area contributed by atoms with Gasteiger partial charge in [-0.25, -0.2) is 0 Å². The number of hydrogen-bond donors (Lipinski definition) is 0. The van der Waals surface area contributed by atoms with Crippen LogP contribution < -0.4 is 0 Å². The topological polar surface area (TPSA) is 12.5 Å². The Labute approximate surface area is 94.1 Å². The Morgan fingerprint density at radius 2 is 1.91 bits per heavy atom. The third-order valence-electron chi connectivity index (χ3n) is 3.33. The third-order valence-corrected chi connectivity index (χ3v) is 3.33. The summed E-state index contributed by atoms with van der Waals surface area (Å²) in [5.41, 5.74) is 0.284. The first kappa shape index (κ1) is 10.1. The number of ether oxygens (including phenoxy) is 1. The van der Waals surface area contributed by atoms with Crippen molar-refractivity contribution in [3.05, 3.63) is 0 Å². The van der Waals surface area contributed by atoms with E-state index in [4.69, 9.17) is 4.74 Å². The predicted octanol–water partition coefficient (Wildman–Crippen LogP) is 2.21. The van der Waals surface area contributed by atoms with Crippen molar-refractivity contribution in [1.82, 2.24) is 0 Å². The fraction of sp³-hybridized carbons (Fsp3) is 1.00. The van der Waals surface area contributed by atoms with Crippen molar-refractivity contribution in [2.24, 2.45) is 11.8 Å². The molecule has 1 aliphatic carbocycles. The minimum atomic E-state index is 0. The van der Waals surface area contributed by atoms with Crippen LogP contribution in [0.5, 0.6) is 0 Å². The summed E-state index contributed by atoms with van der Waals surface area (Å²) >= 11 is 0. The molecule has 0 spiro atoms. The van der Waals surface area contributed by atoms with E-state index < -0.39 is 0 Å². The molecule has 1 heterocycles. The van der Waals surface area contributed by atoms with E-state index in [0.717, 1.165) is 11.8 Å². The summed E-state index contributed by atoms with van der Waals surface area (Å²) in [4.78, 5) is 0. The molecule has 1 saturated carbocycles. The summed E-state index contributed by atoms with van der Waals surface area (Å²) in [5, 5.41) is 0. The monoisotopic (exact) mass is 229 g/mol. The molecule has 0 aromatic carbocycles. The predicted molar refractivity (Wildman–Crippen MR) is 40.8 cm³/mol. The maximum Gasteiger partial charge on any atom is 0.0945 e. The Balaban J connectivity index is 0.000000605. The molecular weight excluding hydrogens is 213 g/mol. The number of fused-ring (bicyclic) bond motifs is 1. The average molecular weight is 229 g/mol. The number of hydrogen-bond acceptors (Lipinski definition) is 1. The first-order valence-corrected chi connectivity index (χ1v) is 4.30. The van der Waals surface area contributed by atoms with Gasteiger partial charge in [0, 0.05) is 32.7 Å². The zero-order chi connectivity index (χ0) is 7.35. The molecule has 2 fully saturated rings. The molecule has 1 saturated heterocycles. The molecule has 0 aromatic heterocycles. The summed E-state index contributed by atoms with van der Waals surface area (Å²) in [6, 6.07) is 0. The van der Waals surface area contributed by atoms with E-state index in [1.54, 1.807) is 0 Å². The molecule has 2 rings (SSSR count). The van der Waals surface area contributed by atoms with Crippen LogP contribution in [-0.4, -0.2) is 11.7 Å². The second-order valence-electron chi connectivity index (χ2n) is 4.27. The average Bonchev–Trinajstić information content (AvgIpc) is 2.42. The van der Waals surface area contributed by atoms with Crippen molar-refractivity contribution in [3.63, 3.8) is 0 Å². The standard InChI is InChI=1S/C9H16O.Y/c1-6-4-7(2)9(3)8(5-6)10-9;/h6-8H,4-5H2,1-3H3;/t6?,7-,8-,9+;/m1./s1. The number of epoxide rings is 1. The van der Waals surface area contributed by atoms with Crippen LogP contribution >= 0.6 is 0 Å². The van der Waals surface area contributed by atoms with E-state index in [1.807, 2.05) is 0 Å². The second-order valence-corrected chi connectivity index (χ2v) is 4.27. The Kier molecular flexibility index (Phi) is 2.84. The molecule has 1 nitrogen and oxygen atoms in total. The van der Waals surface area contributed by atoms with Crippen LogP contribution in [-0.2, 0) is 37.4 Å². The SMILES string of the molecule is CC1C[C@@H](C)[C@]2(C)O[C@@H]2C1.[Y]. The van der Waals surface area contributed by atoms with Crippen LogP contribution in [0.4, 0.5) is 0 Å². The normalized spacial score (nSPS) is 54.3. The van der Waals surface area contributed by atoms with Gasteiger partial charge in [-0.05, 0) is 31.6 Å². The Hall–Kier alpha value is 1.06. The van der Waals surface area contributed by atoms with Crippen LogP contribution in [0.1, 0.15) is 33.6 Å². The largest absolute Gasteiger partial charge is 0.366 e. The number of rotatable bonds is 0. The van der Waals surface area contributed by atoms with E-state index in [0.29, 0.717) is 6.10 Å². The van der Waals surface area contributed by atoms with Gasteiger partial charge in [0.2, 0.25) is 0 Å². The maximum absolute atomic E-state index is 5.65. The van der Waals surface area contributed by atoms with E-state index >= 15 is 0 Å². The summed E-state index contributed by atoms with van der Waals surface area (Å²) < 4.78 is 5.65. The van der Waals surface area contributed by atoms with Gasteiger partial charge in [-0.15, -0.1) is 0 Å². The van der Waals surface area contributed by atoms with Crippen LogP contribution in [0.3, 0.4) is 0 Å². The van der Waals surface area contributed by atoms with Crippen molar-refractivity contribution < 1.29 is 37.4 Å². The van der Waals surface area contributed by atoms with Gasteiger partial charge >= 0.3 is 0 Å². The van der Waals surface area contributed by atoms with Crippen molar-refractivity contribution in [1.29, 1.82) is 0 Å². The molecule has 0 bridgehead atoms. The van der Waals surface area contributed by atoms with Crippen molar-refractivity contribution >= 4 is 0 Å². The van der Waals surface area contributed by atoms with Crippen molar-refractivity contribution in [2.45, 2.75) is 45.3 Å². The minimum Gasteiger partial charge on any atom is -0.366 e. The Morgan fingerprint density at radius 1 is 1.27 bits per heavy atom. The van der Waals surface area contributed by atoms with E-state index in [-0.39, 0.29) is 38.3 Å². The minimum absolute atomic E-state index is 0. The molecule has 4 atom stereocenters. The molecular formula is C9H16OY. The van der Waals surface area contributed by atoms with Crippen LogP contribution in [0.2, 0.25) is 0 Å². The van der Waals surface area contributed by atoms with Gasteiger partial charge in [0.05, 0.1) is 11.7 Å². The Bertz CT molecular complexity index is 160. The first-order chi connectivity index (χ1) is 4.63. The molecule has 1 aliphatic heterocycles. The molecule has 2 aliphatic rings. The van der Waals surface area contributed by atoms with E-state index in [2.05, 4.69) is 20.8 Å². The summed E-state index contributed by atoms with van der Waals surface area (Å²) in [6.45, 7) is 6.90. The van der Waals surface area contributed by atoms with Crippen LogP contribution in [0, 0.1) is 11.8 Å². The van der Waals surface area contributed by atoms with E-state index in [1.165, 1.54) is 12.8 Å². The Morgan fingerprint density at radius 3 is 2.45 bits per heavy atom. The van der Waals surface area contributed by atoms with Crippen molar-refractivity contribution in [2.75, 3.05) is 0 Å². The molecule has 0 N–H and O–H groups in total. The van der Waals surface area contributed by atoms with E-state index in [9.17, 15) is 0 Å². The summed E-state index contributed by atoms with van der Waals surface area (Å²) in [5.74, 6) is 1.66. The molecule has 2 heteroatoms. The van der Waals surface area contributed by atoms with Gasteiger partial charge in [0.1, 0.15) is 0 Å².